The third kappa shape index (κ3) is 7.54. The van der Waals surface area contributed by atoms with Crippen molar-refractivity contribution in [2.45, 2.75) is 88.6 Å². The summed E-state index contributed by atoms with van der Waals surface area (Å²) in [6, 6.07) is 15.0. The molecule has 1 saturated carbocycles. The van der Waals surface area contributed by atoms with Crippen LogP contribution in [-0.2, 0) is 19.1 Å². The Balaban J connectivity index is 1.34. The lowest BCUT2D eigenvalue weighted by atomic mass is 10.0. The number of nitrogens with zero attached hydrogens (tertiary/aromatic N) is 2. The minimum absolute atomic E-state index is 0.0352. The van der Waals surface area contributed by atoms with Gasteiger partial charge in [-0.05, 0) is 58.6 Å². The van der Waals surface area contributed by atoms with E-state index in [1.54, 1.807) is 27.9 Å². The number of carboxylic acids is 1. The number of allylic oxidation sites excluding steroid dienone is 1. The van der Waals surface area contributed by atoms with Crippen LogP contribution in [0, 0.1) is 5.92 Å². The number of methoxy groups -OCH3 is 1. The highest BCUT2D eigenvalue weighted by Crippen LogP contribution is 2.45. The molecule has 12 nitrogen and oxygen atoms in total. The van der Waals surface area contributed by atoms with Gasteiger partial charge in [-0.1, -0.05) is 48.9 Å². The van der Waals surface area contributed by atoms with Gasteiger partial charge in [-0.2, -0.15) is 0 Å². The molecule has 3 N–H and O–H groups in total. The van der Waals surface area contributed by atoms with Gasteiger partial charge in [0.1, 0.15) is 40.8 Å². The molecule has 2 aromatic carbocycles. The highest BCUT2D eigenvalue weighted by atomic mass is 16.6. The maximum Gasteiger partial charge on any atom is 0.408 e. The molecule has 1 aromatic heterocycles. The maximum atomic E-state index is 14.3. The molecule has 3 aliphatic rings. The maximum absolute atomic E-state index is 14.3. The van der Waals surface area contributed by atoms with Gasteiger partial charge in [0.2, 0.25) is 11.8 Å². The van der Waals surface area contributed by atoms with Crippen LogP contribution in [0.5, 0.6) is 11.5 Å². The van der Waals surface area contributed by atoms with Gasteiger partial charge in [-0.3, -0.25) is 9.59 Å². The predicted molar refractivity (Wildman–Crippen MR) is 186 cm³/mol. The molecule has 264 valence electrons. The Morgan fingerprint density at radius 3 is 2.58 bits per heavy atom. The summed E-state index contributed by atoms with van der Waals surface area (Å²) in [5.41, 5.74) is -0.0295. The Morgan fingerprint density at radius 1 is 1.08 bits per heavy atom. The molecule has 0 unspecified atom stereocenters. The van der Waals surface area contributed by atoms with E-state index in [0.29, 0.717) is 42.0 Å². The van der Waals surface area contributed by atoms with E-state index in [1.165, 1.54) is 4.90 Å². The Labute approximate surface area is 291 Å². The first-order valence-corrected chi connectivity index (χ1v) is 17.1. The minimum Gasteiger partial charge on any atom is -0.497 e. The van der Waals surface area contributed by atoms with Gasteiger partial charge in [0.25, 0.3) is 0 Å². The zero-order valence-corrected chi connectivity index (χ0v) is 28.8. The van der Waals surface area contributed by atoms with E-state index in [1.807, 2.05) is 66.7 Å². The summed E-state index contributed by atoms with van der Waals surface area (Å²) in [6.45, 7) is 5.25. The monoisotopic (exact) mass is 684 g/mol. The second-order valence-electron chi connectivity index (χ2n) is 14.2. The van der Waals surface area contributed by atoms with Crippen LogP contribution < -0.4 is 20.1 Å². The summed E-state index contributed by atoms with van der Waals surface area (Å²) in [7, 11) is 1.58. The van der Waals surface area contributed by atoms with Crippen molar-refractivity contribution in [3.8, 4) is 22.8 Å². The molecule has 3 amide bonds. The minimum atomic E-state index is -1.44. The number of alkyl carbamates (subject to hydrolysis) is 1. The average molecular weight is 685 g/mol. The number of aliphatic carboxylic acids is 1. The molecule has 6 rings (SSSR count). The van der Waals surface area contributed by atoms with Crippen LogP contribution in [0.15, 0.2) is 66.7 Å². The topological polar surface area (TPSA) is 156 Å². The van der Waals surface area contributed by atoms with Crippen LogP contribution in [-0.4, -0.2) is 81.8 Å². The first-order chi connectivity index (χ1) is 23.9. The van der Waals surface area contributed by atoms with Gasteiger partial charge in [-0.25, -0.2) is 14.6 Å². The Hall–Kier alpha value is -5.13. The first-order valence-electron chi connectivity index (χ1n) is 17.1. The highest BCUT2D eigenvalue weighted by molar-refractivity contribution is 5.96. The predicted octanol–water partition coefficient (Wildman–Crippen LogP) is 5.24. The van der Waals surface area contributed by atoms with Crippen LogP contribution in [0.25, 0.3) is 22.2 Å². The normalized spacial score (nSPS) is 26.1. The smallest absolute Gasteiger partial charge is 0.408 e. The van der Waals surface area contributed by atoms with Gasteiger partial charge in [0, 0.05) is 35.4 Å². The second kappa shape index (κ2) is 14.0. The molecular weight excluding hydrogens is 640 g/mol. The van der Waals surface area contributed by atoms with Crippen molar-refractivity contribution in [2.24, 2.45) is 5.92 Å². The summed E-state index contributed by atoms with van der Waals surface area (Å²) < 4.78 is 17.6. The van der Waals surface area contributed by atoms with E-state index in [0.717, 1.165) is 17.4 Å². The van der Waals surface area contributed by atoms with E-state index in [4.69, 9.17) is 19.2 Å². The van der Waals surface area contributed by atoms with Gasteiger partial charge >= 0.3 is 12.1 Å². The molecule has 1 saturated heterocycles. The number of benzene rings is 2. The van der Waals surface area contributed by atoms with Crippen LogP contribution in [0.4, 0.5) is 4.79 Å². The van der Waals surface area contributed by atoms with Gasteiger partial charge < -0.3 is 34.9 Å². The number of rotatable bonds is 6. The first kappa shape index (κ1) is 34.7. The summed E-state index contributed by atoms with van der Waals surface area (Å²) in [6.07, 6.45) is 5.13. The molecule has 50 heavy (non-hydrogen) atoms. The van der Waals surface area contributed by atoms with Crippen molar-refractivity contribution in [3.05, 3.63) is 66.7 Å². The molecule has 3 aromatic rings. The van der Waals surface area contributed by atoms with Gasteiger partial charge in [0.15, 0.2) is 0 Å². The molecular formula is C38H44N4O8. The number of carbonyl (C=O) groups excluding carboxylic acids is 3. The third-order valence-corrected chi connectivity index (χ3v) is 9.40. The standard InChI is InChI=1S/C38H44N4O8/c1-37(2,3)50-36(47)40-28-15-11-6-5-10-14-24-21-38(24,35(45)46)41-33(43)31-19-26(22-42(31)34(28)44)49-32-20-29(23-12-8-7-9-13-23)39-30-18-25(48-4)16-17-27(30)32/h7-10,12-14,16-18,20,24,26,28,31H,5-6,11,15,19,21-22H2,1-4H3,(H,40,47)(H,41,43)(H,45,46)/b14-10-/t24-,26-,28+,31+,38-/m1/s1. The number of hydrogen-bond acceptors (Lipinski definition) is 8. The van der Waals surface area contributed by atoms with Crippen LogP contribution in [0.1, 0.15) is 59.3 Å². The zero-order valence-electron chi connectivity index (χ0n) is 28.8. The number of pyridine rings is 1. The molecule has 0 spiro atoms. The number of amides is 3. The average Bonchev–Trinajstić information content (AvgIpc) is 3.61. The number of carboxylic acid groups (broad SMARTS) is 1. The summed E-state index contributed by atoms with van der Waals surface area (Å²) in [5, 5.41) is 16.4. The summed E-state index contributed by atoms with van der Waals surface area (Å²) in [4.78, 5) is 60.0. The van der Waals surface area contributed by atoms with Crippen LogP contribution in [0.3, 0.4) is 0 Å². The molecule has 0 bridgehead atoms. The van der Waals surface area contributed by atoms with Crippen molar-refractivity contribution in [2.75, 3.05) is 13.7 Å². The fraction of sp³-hybridized carbons (Fsp3) is 0.447. The SMILES string of the molecule is COc1ccc2c(O[C@@H]3C[C@H]4C(=O)N[C@]5(C(=O)O)C[C@H]5/C=C\CCCC[C@H](NC(=O)OC(C)(C)C)C(=O)N4C3)cc(-c3ccccc3)nc2c1. The number of ether oxygens (including phenoxy) is 3. The van der Waals surface area contributed by atoms with Crippen molar-refractivity contribution in [1.29, 1.82) is 0 Å². The molecule has 2 aliphatic heterocycles. The van der Waals surface area contributed by atoms with Crippen LogP contribution in [0.2, 0.25) is 0 Å². The quantitative estimate of drug-likeness (QED) is 0.296. The Bertz CT molecular complexity index is 1810. The molecule has 1 aliphatic carbocycles. The number of nitrogens with one attached hydrogen (secondary N) is 2. The van der Waals surface area contributed by atoms with Gasteiger partial charge in [-0.15, -0.1) is 0 Å². The van der Waals surface area contributed by atoms with E-state index < -0.39 is 53.2 Å². The van der Waals surface area contributed by atoms with Crippen molar-refractivity contribution in [3.63, 3.8) is 0 Å². The van der Waals surface area contributed by atoms with Gasteiger partial charge in [0.05, 0.1) is 24.9 Å². The lowest BCUT2D eigenvalue weighted by molar-refractivity contribution is -0.145. The second-order valence-corrected chi connectivity index (χ2v) is 14.2. The van der Waals surface area contributed by atoms with Crippen molar-refractivity contribution < 1.29 is 38.5 Å². The number of aromatic nitrogens is 1. The van der Waals surface area contributed by atoms with Crippen LogP contribution >= 0.6 is 0 Å². The summed E-state index contributed by atoms with van der Waals surface area (Å²) in [5.74, 6) is -1.36. The molecule has 5 atom stereocenters. The Morgan fingerprint density at radius 2 is 1.86 bits per heavy atom. The fourth-order valence-corrected chi connectivity index (χ4v) is 6.76. The Kier molecular flexibility index (Phi) is 9.73. The molecule has 0 radical (unpaired) electrons. The van der Waals surface area contributed by atoms with Crippen molar-refractivity contribution >= 4 is 34.8 Å². The zero-order chi connectivity index (χ0) is 35.6. The van der Waals surface area contributed by atoms with Crippen molar-refractivity contribution in [1.82, 2.24) is 20.5 Å². The molecule has 12 heteroatoms. The fourth-order valence-electron chi connectivity index (χ4n) is 6.76. The number of carbonyl (C=O) groups is 4. The third-order valence-electron chi connectivity index (χ3n) is 9.40. The highest BCUT2D eigenvalue weighted by Gasteiger charge is 2.61. The number of hydrogen-bond donors (Lipinski definition) is 3. The molecule has 3 heterocycles. The number of fused-ring (bicyclic) bond motifs is 3. The van der Waals surface area contributed by atoms with E-state index in [-0.39, 0.29) is 25.3 Å². The van der Waals surface area contributed by atoms with E-state index >= 15 is 0 Å². The van der Waals surface area contributed by atoms with E-state index in [2.05, 4.69) is 10.6 Å². The lowest BCUT2D eigenvalue weighted by Crippen LogP contribution is -2.56. The lowest BCUT2D eigenvalue weighted by Gasteiger charge is -2.30. The molecule has 2 fully saturated rings. The summed E-state index contributed by atoms with van der Waals surface area (Å²) >= 11 is 0. The largest absolute Gasteiger partial charge is 0.497 e. The van der Waals surface area contributed by atoms with E-state index in [9.17, 15) is 24.3 Å².